The number of nitrogens with two attached hydrogens (primary N) is 1. The molecule has 0 amide bonds. The first-order valence-electron chi connectivity index (χ1n) is 8.61. The second-order valence-electron chi connectivity index (χ2n) is 6.09. The van der Waals surface area contributed by atoms with Crippen molar-refractivity contribution < 1.29 is 48.2 Å². The van der Waals surface area contributed by atoms with E-state index < -0.39 is 23.6 Å². The topological polar surface area (TPSA) is 66.2 Å². The first-order valence-corrected chi connectivity index (χ1v) is 8.61. The van der Waals surface area contributed by atoms with Crippen molar-refractivity contribution in [2.45, 2.75) is 39.2 Å². The van der Waals surface area contributed by atoms with Gasteiger partial charge in [0.2, 0.25) is 0 Å². The van der Waals surface area contributed by atoms with Crippen LogP contribution in [-0.2, 0) is 17.6 Å². The zero-order chi connectivity index (χ0) is 19.3. The van der Waals surface area contributed by atoms with Gasteiger partial charge < -0.3 is 15.6 Å². The summed E-state index contributed by atoms with van der Waals surface area (Å²) in [6.45, 7) is 4.09. The molecular formula is C21H22F2NNaO2. The molecule has 2 rings (SSSR count). The summed E-state index contributed by atoms with van der Waals surface area (Å²) in [5.74, 6) is -2.76. The average Bonchev–Trinajstić information content (AvgIpc) is 2.62. The van der Waals surface area contributed by atoms with E-state index in [-0.39, 0.29) is 41.5 Å². The van der Waals surface area contributed by atoms with Crippen LogP contribution >= 0.6 is 0 Å². The molecule has 0 saturated heterocycles. The van der Waals surface area contributed by atoms with Crippen LogP contribution in [0.2, 0.25) is 0 Å². The van der Waals surface area contributed by atoms with Gasteiger partial charge in [0.15, 0.2) is 0 Å². The summed E-state index contributed by atoms with van der Waals surface area (Å²) in [6.07, 6.45) is 3.24. The molecule has 2 N–H and O–H groups in total. The fraction of sp³-hybridized carbons (Fsp3) is 0.286. The number of carbonyl (C=O) groups excluding carboxylic acids is 1. The Morgan fingerprint density at radius 3 is 2.33 bits per heavy atom. The number of carboxylic acids is 1. The molecule has 0 aliphatic rings. The quantitative estimate of drug-likeness (QED) is 0.687. The van der Waals surface area contributed by atoms with Crippen LogP contribution < -0.4 is 40.4 Å². The fourth-order valence-corrected chi connectivity index (χ4v) is 2.90. The van der Waals surface area contributed by atoms with Gasteiger partial charge in [-0.3, -0.25) is 0 Å². The van der Waals surface area contributed by atoms with Gasteiger partial charge in [0.1, 0.15) is 11.6 Å². The van der Waals surface area contributed by atoms with E-state index in [1.54, 1.807) is 6.08 Å². The standard InChI is InChI=1S/C21H23F2NO2.Na/c1-3-13-5-6-15(11-14(13)4-2)17(9-10-20(24)21(25)26)18-8-7-16(22)12-19(18)23;/h5-9,11-12,20H,3-4,10,24H2,1-2H3,(H,25,26);/q;+1/p-1. The summed E-state index contributed by atoms with van der Waals surface area (Å²) in [7, 11) is 0. The van der Waals surface area contributed by atoms with Crippen molar-refractivity contribution >= 4 is 11.5 Å². The molecule has 0 saturated carbocycles. The minimum Gasteiger partial charge on any atom is -0.548 e. The zero-order valence-corrected chi connectivity index (χ0v) is 17.9. The van der Waals surface area contributed by atoms with Crippen molar-refractivity contribution in [3.63, 3.8) is 0 Å². The van der Waals surface area contributed by atoms with E-state index in [4.69, 9.17) is 5.73 Å². The molecule has 6 heteroatoms. The summed E-state index contributed by atoms with van der Waals surface area (Å²) in [4.78, 5) is 10.9. The SMILES string of the molecule is CCc1ccc(C(=CCC(N)C(=O)[O-])c2ccc(F)cc2F)cc1CC.[Na+]. The normalized spacial score (nSPS) is 12.4. The van der Waals surface area contributed by atoms with Crippen molar-refractivity contribution in [3.05, 3.63) is 76.4 Å². The maximum Gasteiger partial charge on any atom is 1.00 e. The Balaban J connectivity index is 0.00000364. The van der Waals surface area contributed by atoms with Gasteiger partial charge in [0, 0.05) is 17.7 Å². The minimum absolute atomic E-state index is 0. The summed E-state index contributed by atoms with van der Waals surface area (Å²) in [5.41, 5.74) is 9.26. The first-order chi connectivity index (χ1) is 12.4. The third-order valence-corrected chi connectivity index (χ3v) is 4.38. The molecule has 0 aliphatic heterocycles. The molecule has 2 aromatic carbocycles. The van der Waals surface area contributed by atoms with Crippen molar-refractivity contribution in [1.82, 2.24) is 0 Å². The van der Waals surface area contributed by atoms with E-state index >= 15 is 0 Å². The second kappa shape index (κ2) is 10.7. The van der Waals surface area contributed by atoms with Gasteiger partial charge in [-0.25, -0.2) is 8.78 Å². The molecule has 27 heavy (non-hydrogen) atoms. The predicted octanol–water partition coefficient (Wildman–Crippen LogP) is -0.00740. The van der Waals surface area contributed by atoms with Crippen molar-refractivity contribution in [3.8, 4) is 0 Å². The largest absolute Gasteiger partial charge is 1.00 e. The molecule has 138 valence electrons. The molecular weight excluding hydrogens is 359 g/mol. The minimum atomic E-state index is -1.38. The Morgan fingerprint density at radius 1 is 1.11 bits per heavy atom. The van der Waals surface area contributed by atoms with Crippen LogP contribution in [0.1, 0.15) is 42.5 Å². The molecule has 1 atom stereocenters. The molecule has 0 aliphatic carbocycles. The first kappa shape index (κ1) is 23.5. The number of aliphatic carboxylic acids is 1. The molecule has 0 bridgehead atoms. The zero-order valence-electron chi connectivity index (χ0n) is 15.9. The fourth-order valence-electron chi connectivity index (χ4n) is 2.90. The number of halogens is 2. The third-order valence-electron chi connectivity index (χ3n) is 4.38. The van der Waals surface area contributed by atoms with Crippen molar-refractivity contribution in [2.75, 3.05) is 0 Å². The second-order valence-corrected chi connectivity index (χ2v) is 6.09. The Morgan fingerprint density at radius 2 is 1.78 bits per heavy atom. The van der Waals surface area contributed by atoms with Crippen molar-refractivity contribution in [2.24, 2.45) is 5.73 Å². The average molecular weight is 381 g/mol. The Kier molecular flexibility index (Phi) is 9.33. The molecule has 0 fully saturated rings. The van der Waals surface area contributed by atoms with E-state index in [9.17, 15) is 18.7 Å². The summed E-state index contributed by atoms with van der Waals surface area (Å²) in [5, 5.41) is 10.9. The molecule has 0 aromatic heterocycles. The number of benzene rings is 2. The van der Waals surface area contributed by atoms with E-state index in [1.807, 2.05) is 25.1 Å². The Hall–Kier alpha value is -1.53. The van der Waals surface area contributed by atoms with Crippen LogP contribution in [0, 0.1) is 11.6 Å². The number of carbonyl (C=O) groups is 1. The van der Waals surface area contributed by atoms with Gasteiger partial charge in [0.25, 0.3) is 0 Å². The van der Waals surface area contributed by atoms with Gasteiger partial charge in [-0.1, -0.05) is 38.1 Å². The third kappa shape index (κ3) is 5.98. The van der Waals surface area contributed by atoms with Gasteiger partial charge in [-0.2, -0.15) is 0 Å². The van der Waals surface area contributed by atoms with Gasteiger partial charge >= 0.3 is 29.6 Å². The molecule has 1 unspecified atom stereocenters. The molecule has 3 nitrogen and oxygen atoms in total. The number of hydrogen-bond donors (Lipinski definition) is 1. The predicted molar refractivity (Wildman–Crippen MR) is 96.2 cm³/mol. The Labute approximate surface area is 180 Å². The smallest absolute Gasteiger partial charge is 0.548 e. The van der Waals surface area contributed by atoms with E-state index in [2.05, 4.69) is 6.92 Å². The van der Waals surface area contributed by atoms with Crippen LogP contribution in [0.5, 0.6) is 0 Å². The van der Waals surface area contributed by atoms with E-state index in [0.29, 0.717) is 5.57 Å². The number of aryl methyl sites for hydroxylation is 2. The van der Waals surface area contributed by atoms with Gasteiger partial charge in [-0.15, -0.1) is 0 Å². The van der Waals surface area contributed by atoms with E-state index in [0.717, 1.165) is 30.0 Å². The number of hydrogen-bond acceptors (Lipinski definition) is 3. The molecule has 2 aromatic rings. The van der Waals surface area contributed by atoms with Gasteiger partial charge in [0.05, 0.1) is 5.97 Å². The number of rotatable bonds is 7. The summed E-state index contributed by atoms with van der Waals surface area (Å²) < 4.78 is 27.6. The maximum atomic E-state index is 14.4. The Bertz CT molecular complexity index is 837. The molecule has 0 spiro atoms. The summed E-state index contributed by atoms with van der Waals surface area (Å²) in [6, 6.07) is 7.92. The van der Waals surface area contributed by atoms with Crippen LogP contribution in [0.25, 0.3) is 5.57 Å². The van der Waals surface area contributed by atoms with Crippen LogP contribution in [0.4, 0.5) is 8.78 Å². The summed E-state index contributed by atoms with van der Waals surface area (Å²) >= 11 is 0. The molecule has 0 heterocycles. The van der Waals surface area contributed by atoms with Crippen LogP contribution in [0.3, 0.4) is 0 Å². The van der Waals surface area contributed by atoms with Crippen molar-refractivity contribution in [1.29, 1.82) is 0 Å². The van der Waals surface area contributed by atoms with Crippen LogP contribution in [-0.4, -0.2) is 12.0 Å². The monoisotopic (exact) mass is 381 g/mol. The molecule has 0 radical (unpaired) electrons. The number of carboxylic acid groups (broad SMARTS) is 1. The van der Waals surface area contributed by atoms with Crippen LogP contribution in [0.15, 0.2) is 42.5 Å². The van der Waals surface area contributed by atoms with Gasteiger partial charge in [-0.05, 0) is 53.7 Å². The van der Waals surface area contributed by atoms with E-state index in [1.165, 1.54) is 17.7 Å². The maximum absolute atomic E-state index is 14.4.